The molecule has 236 valence electrons. The third-order valence-corrected chi connectivity index (χ3v) is 10.2. The first kappa shape index (κ1) is 33.4. The number of halogens is 2. The standard InChI is InChI=1S/C32H37Cl2N3O6S/c1-4-28(32(39)35-22-11-8-9-12-22)36(20-25-26(33)15-10-16-27(25)34)31(38)21-37(23-13-6-5-7-14-23)44(40,41)24-17-18-29(42-2)30(19-24)43-3/h5-7,10,13-19,22,28H,4,8-9,11-12,20-21H2,1-3H3,(H,35,39). The highest BCUT2D eigenvalue weighted by Gasteiger charge is 2.35. The van der Waals surface area contributed by atoms with Crippen LogP contribution in [-0.2, 0) is 26.2 Å². The molecule has 1 N–H and O–H groups in total. The van der Waals surface area contributed by atoms with Crippen LogP contribution >= 0.6 is 23.2 Å². The molecule has 0 bridgehead atoms. The predicted molar refractivity (Wildman–Crippen MR) is 172 cm³/mol. The lowest BCUT2D eigenvalue weighted by molar-refractivity contribution is -0.140. The average molecular weight is 663 g/mol. The van der Waals surface area contributed by atoms with Crippen molar-refractivity contribution < 1.29 is 27.5 Å². The number of methoxy groups -OCH3 is 2. The molecule has 0 aromatic heterocycles. The second-order valence-electron chi connectivity index (χ2n) is 10.5. The molecule has 2 amide bonds. The molecule has 1 aliphatic rings. The zero-order chi connectivity index (χ0) is 31.9. The fourth-order valence-electron chi connectivity index (χ4n) is 5.37. The summed E-state index contributed by atoms with van der Waals surface area (Å²) in [5, 5.41) is 3.75. The van der Waals surface area contributed by atoms with Gasteiger partial charge in [-0.1, -0.05) is 67.2 Å². The Balaban J connectivity index is 1.75. The van der Waals surface area contributed by atoms with Crippen LogP contribution in [0.4, 0.5) is 5.69 Å². The summed E-state index contributed by atoms with van der Waals surface area (Å²) < 4.78 is 40.0. The first-order valence-electron chi connectivity index (χ1n) is 14.4. The molecule has 0 aliphatic heterocycles. The maximum absolute atomic E-state index is 14.3. The van der Waals surface area contributed by atoms with Crippen LogP contribution < -0.4 is 19.1 Å². The van der Waals surface area contributed by atoms with E-state index < -0.39 is 28.5 Å². The van der Waals surface area contributed by atoms with Gasteiger partial charge in [0.15, 0.2) is 11.5 Å². The Kier molecular flexibility index (Phi) is 11.4. The summed E-state index contributed by atoms with van der Waals surface area (Å²) in [6.07, 6.45) is 4.09. The summed E-state index contributed by atoms with van der Waals surface area (Å²) in [5.41, 5.74) is 0.736. The molecule has 1 fully saturated rings. The molecular formula is C32H37Cl2N3O6S. The van der Waals surface area contributed by atoms with Gasteiger partial charge in [0.05, 0.1) is 24.8 Å². The van der Waals surface area contributed by atoms with Gasteiger partial charge in [0.1, 0.15) is 12.6 Å². The first-order chi connectivity index (χ1) is 21.1. The van der Waals surface area contributed by atoms with Crippen LogP contribution in [0.25, 0.3) is 0 Å². The number of hydrogen-bond donors (Lipinski definition) is 1. The molecule has 9 nitrogen and oxygen atoms in total. The normalized spacial score (nSPS) is 14.1. The number of anilines is 1. The molecule has 1 aliphatic carbocycles. The van der Waals surface area contributed by atoms with Crippen molar-refractivity contribution in [2.75, 3.05) is 25.1 Å². The molecule has 0 spiro atoms. The number of nitrogens with one attached hydrogen (secondary N) is 1. The third-order valence-electron chi connectivity index (χ3n) is 7.74. The summed E-state index contributed by atoms with van der Waals surface area (Å²) >= 11 is 13.0. The van der Waals surface area contributed by atoms with E-state index in [-0.39, 0.29) is 34.8 Å². The third kappa shape index (κ3) is 7.60. The van der Waals surface area contributed by atoms with Crippen LogP contribution in [0.15, 0.2) is 71.6 Å². The number of rotatable bonds is 13. The minimum absolute atomic E-state index is 0.0312. The Labute approximate surface area is 269 Å². The monoisotopic (exact) mass is 661 g/mol. The number of benzene rings is 3. The summed E-state index contributed by atoms with van der Waals surface area (Å²) in [6, 6.07) is 16.7. The Morgan fingerprint density at radius 2 is 1.57 bits per heavy atom. The van der Waals surface area contributed by atoms with Gasteiger partial charge in [-0.05, 0) is 55.7 Å². The molecule has 4 rings (SSSR count). The maximum atomic E-state index is 14.3. The summed E-state index contributed by atoms with van der Waals surface area (Å²) in [5.74, 6) is -0.319. The zero-order valence-corrected chi connectivity index (χ0v) is 27.3. The van der Waals surface area contributed by atoms with Crippen LogP contribution in [0.5, 0.6) is 11.5 Å². The SMILES string of the molecule is CCC(C(=O)NC1CCCC1)N(Cc1c(Cl)cccc1Cl)C(=O)CN(c1ccccc1)S(=O)(=O)c1ccc(OC)c(OC)c1. The highest BCUT2D eigenvalue weighted by molar-refractivity contribution is 7.92. The number of sulfonamides is 1. The second-order valence-corrected chi connectivity index (χ2v) is 13.2. The number of para-hydroxylation sites is 1. The Hall–Kier alpha value is -3.47. The molecular weight excluding hydrogens is 625 g/mol. The summed E-state index contributed by atoms with van der Waals surface area (Å²) in [7, 11) is -1.44. The van der Waals surface area contributed by atoms with Crippen molar-refractivity contribution in [3.8, 4) is 11.5 Å². The Bertz CT molecular complexity index is 1550. The van der Waals surface area contributed by atoms with Gasteiger partial charge in [-0.15, -0.1) is 0 Å². The number of carbonyl (C=O) groups is 2. The minimum Gasteiger partial charge on any atom is -0.493 e. The van der Waals surface area contributed by atoms with Gasteiger partial charge >= 0.3 is 0 Å². The fourth-order valence-corrected chi connectivity index (χ4v) is 7.32. The van der Waals surface area contributed by atoms with Crippen LogP contribution in [-0.4, -0.2) is 58.0 Å². The molecule has 0 heterocycles. The van der Waals surface area contributed by atoms with Crippen molar-refractivity contribution in [3.63, 3.8) is 0 Å². The van der Waals surface area contributed by atoms with Crippen molar-refractivity contribution in [2.24, 2.45) is 0 Å². The molecule has 1 atom stereocenters. The van der Waals surface area contributed by atoms with E-state index >= 15 is 0 Å². The number of carbonyl (C=O) groups excluding carboxylic acids is 2. The van der Waals surface area contributed by atoms with Crippen LogP contribution in [0, 0.1) is 0 Å². The largest absolute Gasteiger partial charge is 0.493 e. The molecule has 12 heteroatoms. The van der Waals surface area contributed by atoms with Crippen molar-refractivity contribution in [2.45, 2.75) is 62.6 Å². The fraction of sp³-hybridized carbons (Fsp3) is 0.375. The van der Waals surface area contributed by atoms with E-state index in [0.29, 0.717) is 27.8 Å². The van der Waals surface area contributed by atoms with E-state index in [1.165, 1.54) is 37.3 Å². The van der Waals surface area contributed by atoms with Gasteiger partial charge in [-0.2, -0.15) is 0 Å². The van der Waals surface area contributed by atoms with Crippen molar-refractivity contribution in [1.29, 1.82) is 0 Å². The van der Waals surface area contributed by atoms with Gasteiger partial charge in [-0.3, -0.25) is 13.9 Å². The number of amides is 2. The van der Waals surface area contributed by atoms with Crippen LogP contribution in [0.2, 0.25) is 10.0 Å². The summed E-state index contributed by atoms with van der Waals surface area (Å²) in [4.78, 5) is 29.2. The Morgan fingerprint density at radius 3 is 2.16 bits per heavy atom. The lowest BCUT2D eigenvalue weighted by Crippen LogP contribution is -2.53. The van der Waals surface area contributed by atoms with Crippen molar-refractivity contribution in [1.82, 2.24) is 10.2 Å². The lowest BCUT2D eigenvalue weighted by Gasteiger charge is -2.34. The molecule has 0 radical (unpaired) electrons. The highest BCUT2D eigenvalue weighted by atomic mass is 35.5. The number of ether oxygens (including phenoxy) is 2. The van der Waals surface area contributed by atoms with Crippen molar-refractivity contribution in [3.05, 3.63) is 82.3 Å². The molecule has 3 aromatic rings. The van der Waals surface area contributed by atoms with E-state index in [1.807, 2.05) is 6.92 Å². The van der Waals surface area contributed by atoms with E-state index in [9.17, 15) is 18.0 Å². The van der Waals surface area contributed by atoms with Gasteiger partial charge in [0, 0.05) is 34.3 Å². The van der Waals surface area contributed by atoms with E-state index in [2.05, 4.69) is 5.32 Å². The number of hydrogen-bond acceptors (Lipinski definition) is 6. The second kappa shape index (κ2) is 15.0. The summed E-state index contributed by atoms with van der Waals surface area (Å²) in [6.45, 7) is 1.13. The van der Waals surface area contributed by atoms with E-state index in [0.717, 1.165) is 30.0 Å². The quantitative estimate of drug-likeness (QED) is 0.238. The average Bonchev–Trinajstić information content (AvgIpc) is 3.54. The smallest absolute Gasteiger partial charge is 0.264 e. The highest BCUT2D eigenvalue weighted by Crippen LogP contribution is 2.33. The Morgan fingerprint density at radius 1 is 0.932 bits per heavy atom. The molecule has 0 saturated heterocycles. The van der Waals surface area contributed by atoms with Crippen LogP contribution in [0.3, 0.4) is 0 Å². The molecule has 1 saturated carbocycles. The molecule has 1 unspecified atom stereocenters. The van der Waals surface area contributed by atoms with Gasteiger partial charge < -0.3 is 19.7 Å². The number of nitrogens with zero attached hydrogens (tertiary/aromatic N) is 2. The van der Waals surface area contributed by atoms with E-state index in [1.54, 1.807) is 48.5 Å². The molecule has 44 heavy (non-hydrogen) atoms. The van der Waals surface area contributed by atoms with Gasteiger partial charge in [-0.25, -0.2) is 8.42 Å². The van der Waals surface area contributed by atoms with Crippen molar-refractivity contribution >= 4 is 50.7 Å². The lowest BCUT2D eigenvalue weighted by atomic mass is 10.1. The predicted octanol–water partition coefficient (Wildman–Crippen LogP) is 6.07. The van der Waals surface area contributed by atoms with Gasteiger partial charge in [0.2, 0.25) is 11.8 Å². The maximum Gasteiger partial charge on any atom is 0.264 e. The topological polar surface area (TPSA) is 105 Å². The van der Waals surface area contributed by atoms with Crippen LogP contribution in [0.1, 0.15) is 44.6 Å². The first-order valence-corrected chi connectivity index (χ1v) is 16.6. The van der Waals surface area contributed by atoms with E-state index in [4.69, 9.17) is 32.7 Å². The minimum atomic E-state index is -4.30. The zero-order valence-electron chi connectivity index (χ0n) is 25.0. The van der Waals surface area contributed by atoms with Gasteiger partial charge in [0.25, 0.3) is 10.0 Å². The molecule has 3 aromatic carbocycles.